The summed E-state index contributed by atoms with van der Waals surface area (Å²) in [7, 11) is 3.19. The second-order valence-electron chi connectivity index (χ2n) is 8.78. The lowest BCUT2D eigenvalue weighted by Gasteiger charge is -2.13. The van der Waals surface area contributed by atoms with Gasteiger partial charge >= 0.3 is 6.16 Å². The molecule has 0 saturated carbocycles. The van der Waals surface area contributed by atoms with Crippen LogP contribution in [0.3, 0.4) is 0 Å². The van der Waals surface area contributed by atoms with Crippen molar-refractivity contribution in [2.75, 3.05) is 27.4 Å². The molecule has 0 atom stereocenters. The van der Waals surface area contributed by atoms with Gasteiger partial charge in [0, 0.05) is 17.9 Å². The van der Waals surface area contributed by atoms with Crippen LogP contribution in [0.4, 0.5) is 4.79 Å². The Hall–Kier alpha value is -4.31. The van der Waals surface area contributed by atoms with Gasteiger partial charge in [-0.2, -0.15) is 8.75 Å². The molecule has 0 amide bonds. The molecular formula is C28H25N3O6S. The van der Waals surface area contributed by atoms with Gasteiger partial charge in [0.05, 0.1) is 56.8 Å². The average molecular weight is 532 g/mol. The van der Waals surface area contributed by atoms with Crippen LogP contribution < -0.4 is 18.9 Å². The van der Waals surface area contributed by atoms with E-state index in [-0.39, 0.29) is 6.61 Å². The fourth-order valence-corrected chi connectivity index (χ4v) is 5.39. The Morgan fingerprint density at radius 2 is 1.84 bits per heavy atom. The van der Waals surface area contributed by atoms with Crippen molar-refractivity contribution in [3.8, 4) is 34.3 Å². The van der Waals surface area contributed by atoms with Crippen molar-refractivity contribution >= 4 is 39.8 Å². The minimum atomic E-state index is -0.777. The number of carbonyl (C=O) groups is 1. The number of nitrogens with zero attached hydrogens (tertiary/aromatic N) is 3. The highest BCUT2D eigenvalue weighted by molar-refractivity contribution is 7.00. The largest absolute Gasteiger partial charge is 0.515 e. The number of benzene rings is 3. The zero-order valence-electron chi connectivity index (χ0n) is 21.1. The summed E-state index contributed by atoms with van der Waals surface area (Å²) in [4.78, 5) is 12.7. The fourth-order valence-electron chi connectivity index (χ4n) is 4.87. The van der Waals surface area contributed by atoms with E-state index in [1.54, 1.807) is 21.1 Å². The first kappa shape index (κ1) is 24.1. The zero-order chi connectivity index (χ0) is 26.2. The van der Waals surface area contributed by atoms with Crippen LogP contribution in [-0.2, 0) is 17.7 Å². The number of carbonyl (C=O) groups excluding carboxylic acids is 1. The molecule has 0 saturated heterocycles. The average Bonchev–Trinajstić information content (AvgIpc) is 3.65. The van der Waals surface area contributed by atoms with E-state index < -0.39 is 6.16 Å². The van der Waals surface area contributed by atoms with Crippen molar-refractivity contribution in [3.05, 3.63) is 59.7 Å². The van der Waals surface area contributed by atoms with Crippen LogP contribution in [0.1, 0.15) is 18.1 Å². The number of hydrogen-bond acceptors (Lipinski definition) is 9. The van der Waals surface area contributed by atoms with Gasteiger partial charge in [-0.05, 0) is 53.9 Å². The SMILES string of the molecule is CCOC(=O)Oc1c(-c2ccc3c(c2)CCO3)c2cc(OC)c(OC)cc2n1Cc1ccc2nsnc2c1. The van der Waals surface area contributed by atoms with Crippen molar-refractivity contribution in [1.29, 1.82) is 0 Å². The molecule has 0 bridgehead atoms. The highest BCUT2D eigenvalue weighted by Gasteiger charge is 2.26. The Morgan fingerprint density at radius 1 is 1.03 bits per heavy atom. The van der Waals surface area contributed by atoms with Crippen LogP contribution in [0.15, 0.2) is 48.5 Å². The van der Waals surface area contributed by atoms with Crippen LogP contribution >= 0.6 is 11.7 Å². The van der Waals surface area contributed by atoms with E-state index in [1.807, 2.05) is 47.0 Å². The normalized spacial score (nSPS) is 12.4. The van der Waals surface area contributed by atoms with Gasteiger partial charge < -0.3 is 28.3 Å². The minimum Gasteiger partial charge on any atom is -0.493 e. The zero-order valence-corrected chi connectivity index (χ0v) is 22.0. The van der Waals surface area contributed by atoms with Crippen molar-refractivity contribution in [2.45, 2.75) is 19.9 Å². The minimum absolute atomic E-state index is 0.194. The van der Waals surface area contributed by atoms with Crippen molar-refractivity contribution < 1.29 is 28.5 Å². The second kappa shape index (κ2) is 9.86. The Bertz CT molecular complexity index is 1670. The molecule has 0 radical (unpaired) electrons. The van der Waals surface area contributed by atoms with E-state index in [9.17, 15) is 4.79 Å². The summed E-state index contributed by atoms with van der Waals surface area (Å²) >= 11 is 1.17. The highest BCUT2D eigenvalue weighted by atomic mass is 32.1. The van der Waals surface area contributed by atoms with Gasteiger partial charge in [0.1, 0.15) is 16.8 Å². The molecule has 38 heavy (non-hydrogen) atoms. The number of aromatic nitrogens is 3. The Kier molecular flexibility index (Phi) is 6.24. The summed E-state index contributed by atoms with van der Waals surface area (Å²) in [5.74, 6) is 2.37. The topological polar surface area (TPSA) is 93.9 Å². The quantitative estimate of drug-likeness (QED) is 0.242. The molecule has 0 aliphatic carbocycles. The molecule has 3 aromatic carbocycles. The Labute approximate surface area is 222 Å². The molecule has 10 heteroatoms. The lowest BCUT2D eigenvalue weighted by Crippen LogP contribution is -2.14. The third-order valence-electron chi connectivity index (χ3n) is 6.60. The Morgan fingerprint density at radius 3 is 2.66 bits per heavy atom. The molecule has 0 unspecified atom stereocenters. The molecule has 3 heterocycles. The predicted octanol–water partition coefficient (Wildman–Crippen LogP) is 5.85. The van der Waals surface area contributed by atoms with E-state index in [1.165, 1.54) is 11.7 Å². The summed E-state index contributed by atoms with van der Waals surface area (Å²) in [5, 5.41) is 0.845. The van der Waals surface area contributed by atoms with Crippen LogP contribution in [0.2, 0.25) is 0 Å². The number of rotatable bonds is 7. The van der Waals surface area contributed by atoms with Gasteiger partial charge in [-0.15, -0.1) is 0 Å². The predicted molar refractivity (Wildman–Crippen MR) is 144 cm³/mol. The molecule has 2 aromatic heterocycles. The first-order valence-electron chi connectivity index (χ1n) is 12.2. The van der Waals surface area contributed by atoms with Crippen LogP contribution in [0.5, 0.6) is 23.1 Å². The maximum atomic E-state index is 12.7. The fraction of sp³-hybridized carbons (Fsp3) is 0.250. The summed E-state index contributed by atoms with van der Waals surface area (Å²) < 4.78 is 38.7. The highest BCUT2D eigenvalue weighted by Crippen LogP contribution is 2.46. The van der Waals surface area contributed by atoms with E-state index in [0.717, 1.165) is 56.4 Å². The third-order valence-corrected chi connectivity index (χ3v) is 7.16. The monoisotopic (exact) mass is 531 g/mol. The van der Waals surface area contributed by atoms with E-state index in [0.29, 0.717) is 30.5 Å². The number of fused-ring (bicyclic) bond motifs is 3. The number of ether oxygens (including phenoxy) is 5. The molecule has 9 nitrogen and oxygen atoms in total. The molecule has 0 fully saturated rings. The molecule has 6 rings (SSSR count). The van der Waals surface area contributed by atoms with Gasteiger partial charge in [0.2, 0.25) is 5.88 Å². The van der Waals surface area contributed by atoms with Crippen LogP contribution in [0.25, 0.3) is 33.1 Å². The first-order chi connectivity index (χ1) is 18.6. The van der Waals surface area contributed by atoms with Gasteiger partial charge in [-0.1, -0.05) is 12.1 Å². The third kappa shape index (κ3) is 4.16. The van der Waals surface area contributed by atoms with Crippen LogP contribution in [-0.4, -0.2) is 46.9 Å². The molecular weight excluding hydrogens is 506 g/mol. The second-order valence-corrected chi connectivity index (χ2v) is 9.31. The maximum absolute atomic E-state index is 12.7. The molecule has 194 valence electrons. The number of hydrogen-bond donors (Lipinski definition) is 0. The van der Waals surface area contributed by atoms with Gasteiger partial charge in [-0.3, -0.25) is 0 Å². The summed E-state index contributed by atoms with van der Waals surface area (Å²) in [5.41, 5.74) is 6.18. The van der Waals surface area contributed by atoms with E-state index in [4.69, 9.17) is 23.7 Å². The number of methoxy groups -OCH3 is 2. The van der Waals surface area contributed by atoms with Crippen molar-refractivity contribution in [2.24, 2.45) is 0 Å². The lowest BCUT2D eigenvalue weighted by atomic mass is 10.0. The molecule has 0 spiro atoms. The standard InChI is InChI=1S/C28H25N3O6S/c1-4-35-28(32)37-27-26(18-6-8-23-17(12-18)9-10-36-23)19-13-24(33-2)25(34-3)14-22(19)31(27)15-16-5-7-20-21(11-16)30-38-29-20/h5-8,11-14H,4,9-10,15H2,1-3H3. The Balaban J connectivity index is 1.61. The molecule has 1 aliphatic rings. The summed E-state index contributed by atoms with van der Waals surface area (Å²) in [6, 6.07) is 15.8. The van der Waals surface area contributed by atoms with E-state index in [2.05, 4.69) is 14.8 Å². The molecule has 5 aromatic rings. The first-order valence-corrected chi connectivity index (χ1v) is 12.9. The van der Waals surface area contributed by atoms with Gasteiger partial charge in [0.15, 0.2) is 11.5 Å². The van der Waals surface area contributed by atoms with Crippen molar-refractivity contribution in [1.82, 2.24) is 13.3 Å². The van der Waals surface area contributed by atoms with Gasteiger partial charge in [-0.25, -0.2) is 4.79 Å². The lowest BCUT2D eigenvalue weighted by molar-refractivity contribution is 0.101. The van der Waals surface area contributed by atoms with Crippen LogP contribution in [0, 0.1) is 0 Å². The molecule has 0 N–H and O–H groups in total. The smallest absolute Gasteiger partial charge is 0.493 e. The summed E-state index contributed by atoms with van der Waals surface area (Å²) in [6.45, 7) is 2.98. The van der Waals surface area contributed by atoms with Gasteiger partial charge in [0.25, 0.3) is 0 Å². The van der Waals surface area contributed by atoms with E-state index >= 15 is 0 Å². The van der Waals surface area contributed by atoms with Crippen molar-refractivity contribution in [3.63, 3.8) is 0 Å². The maximum Gasteiger partial charge on any atom is 0.515 e. The molecule has 1 aliphatic heterocycles. The summed E-state index contributed by atoms with van der Waals surface area (Å²) in [6.07, 6.45) is 0.0368.